The molecule has 5 nitrogen and oxygen atoms in total. The highest BCUT2D eigenvalue weighted by atomic mass is 16.5. The van der Waals surface area contributed by atoms with E-state index in [1.54, 1.807) is 0 Å². The Morgan fingerprint density at radius 2 is 2.10 bits per heavy atom. The first kappa shape index (κ1) is 22.0. The van der Waals surface area contributed by atoms with Gasteiger partial charge in [-0.1, -0.05) is 12.2 Å². The third-order valence-corrected chi connectivity index (χ3v) is 5.47. The summed E-state index contributed by atoms with van der Waals surface area (Å²) < 4.78 is 10.5. The Labute approximate surface area is 179 Å². The monoisotopic (exact) mass is 408 g/mol. The van der Waals surface area contributed by atoms with Gasteiger partial charge in [-0.05, 0) is 92.8 Å². The third-order valence-electron chi connectivity index (χ3n) is 5.47. The van der Waals surface area contributed by atoms with Gasteiger partial charge >= 0.3 is 5.97 Å². The van der Waals surface area contributed by atoms with Gasteiger partial charge in [0.05, 0.1) is 7.11 Å². The molecule has 1 saturated carbocycles. The van der Waals surface area contributed by atoms with Crippen LogP contribution in [0.1, 0.15) is 71.6 Å². The summed E-state index contributed by atoms with van der Waals surface area (Å²) in [5, 5.41) is 3.37. The van der Waals surface area contributed by atoms with Crippen LogP contribution in [0, 0.1) is 6.92 Å². The van der Waals surface area contributed by atoms with Crippen LogP contribution in [0.25, 0.3) is 6.08 Å². The Morgan fingerprint density at radius 3 is 2.77 bits per heavy atom. The van der Waals surface area contributed by atoms with E-state index in [1.807, 2.05) is 32.2 Å². The lowest BCUT2D eigenvalue weighted by Crippen LogP contribution is -2.09. The lowest BCUT2D eigenvalue weighted by molar-refractivity contribution is 0.0601. The molecule has 1 aromatic carbocycles. The van der Waals surface area contributed by atoms with Crippen molar-refractivity contribution in [2.45, 2.75) is 52.4 Å². The van der Waals surface area contributed by atoms with Gasteiger partial charge in [-0.2, -0.15) is 0 Å². The largest absolute Gasteiger partial charge is 0.465 e. The molecule has 2 aromatic rings. The number of carbonyl (C=O) groups is 1. The molecule has 3 rings (SSSR count). The van der Waals surface area contributed by atoms with Crippen molar-refractivity contribution in [1.29, 1.82) is 0 Å². The molecule has 160 valence electrons. The first-order valence-electron chi connectivity index (χ1n) is 10.8. The highest BCUT2D eigenvalue weighted by Gasteiger charge is 2.26. The number of methoxy groups -OCH3 is 1. The molecule has 0 aliphatic heterocycles. The highest BCUT2D eigenvalue weighted by molar-refractivity contribution is 5.95. The molecule has 1 aliphatic carbocycles. The summed E-state index contributed by atoms with van der Waals surface area (Å²) in [5.41, 5.74) is 6.19. The summed E-state index contributed by atoms with van der Waals surface area (Å²) in [7, 11) is 1.41. The number of hydrogen-bond acceptors (Lipinski definition) is 5. The van der Waals surface area contributed by atoms with Gasteiger partial charge in [-0.15, -0.1) is 0 Å². The van der Waals surface area contributed by atoms with Crippen molar-refractivity contribution in [3.63, 3.8) is 0 Å². The van der Waals surface area contributed by atoms with E-state index in [1.165, 1.54) is 18.2 Å². The molecule has 0 radical (unpaired) electrons. The maximum absolute atomic E-state index is 12.4. The van der Waals surface area contributed by atoms with Gasteiger partial charge in [0.25, 0.3) is 0 Å². The number of aryl methyl sites for hydroxylation is 1. The zero-order valence-corrected chi connectivity index (χ0v) is 18.5. The van der Waals surface area contributed by atoms with E-state index in [4.69, 9.17) is 9.47 Å². The number of benzene rings is 1. The van der Waals surface area contributed by atoms with Gasteiger partial charge in [0, 0.05) is 25.1 Å². The maximum Gasteiger partial charge on any atom is 0.341 e. The molecule has 0 saturated heterocycles. The fourth-order valence-electron chi connectivity index (χ4n) is 3.62. The summed E-state index contributed by atoms with van der Waals surface area (Å²) in [4.78, 5) is 17.0. The van der Waals surface area contributed by atoms with Crippen molar-refractivity contribution < 1.29 is 14.3 Å². The molecule has 0 unspecified atom stereocenters. The summed E-state index contributed by atoms with van der Waals surface area (Å²) in [6, 6.07) is 6.16. The molecule has 1 heterocycles. The van der Waals surface area contributed by atoms with Gasteiger partial charge < -0.3 is 14.8 Å². The van der Waals surface area contributed by atoms with Crippen LogP contribution in [0.5, 0.6) is 0 Å². The normalized spacial score (nSPS) is 13.6. The Morgan fingerprint density at radius 1 is 1.30 bits per heavy atom. The second kappa shape index (κ2) is 10.4. The molecular formula is C25H32N2O3. The SMILES string of the molecule is C/C=C\c1cc(Nc2ncc(C3CC3)cc2C(=O)OC)cc(CCCOCC)c1C. The van der Waals surface area contributed by atoms with Crippen LogP contribution in [0.2, 0.25) is 0 Å². The smallest absolute Gasteiger partial charge is 0.341 e. The molecule has 0 bridgehead atoms. The molecule has 0 spiro atoms. The lowest BCUT2D eigenvalue weighted by atomic mass is 9.97. The second-order valence-electron chi connectivity index (χ2n) is 7.71. The Hall–Kier alpha value is -2.66. The number of nitrogens with one attached hydrogen (secondary N) is 1. The zero-order valence-electron chi connectivity index (χ0n) is 18.5. The number of anilines is 2. The van der Waals surface area contributed by atoms with Gasteiger partial charge in [-0.25, -0.2) is 9.78 Å². The van der Waals surface area contributed by atoms with Crippen molar-refractivity contribution in [3.05, 3.63) is 58.3 Å². The predicted octanol–water partition coefficient (Wildman–Crippen LogP) is 5.80. The summed E-state index contributed by atoms with van der Waals surface area (Å²) in [5.74, 6) is 0.680. The average molecular weight is 409 g/mol. The van der Waals surface area contributed by atoms with E-state index in [9.17, 15) is 4.79 Å². The summed E-state index contributed by atoms with van der Waals surface area (Å²) in [6.07, 6.45) is 10.2. The lowest BCUT2D eigenvalue weighted by Gasteiger charge is -2.16. The van der Waals surface area contributed by atoms with Crippen molar-refractivity contribution in [2.24, 2.45) is 0 Å². The van der Waals surface area contributed by atoms with Crippen molar-refractivity contribution in [3.8, 4) is 0 Å². The number of carbonyl (C=O) groups excluding carboxylic acids is 1. The fourth-order valence-corrected chi connectivity index (χ4v) is 3.62. The Kier molecular flexibility index (Phi) is 7.63. The highest BCUT2D eigenvalue weighted by Crippen LogP contribution is 2.40. The number of ether oxygens (including phenoxy) is 2. The minimum Gasteiger partial charge on any atom is -0.465 e. The summed E-state index contributed by atoms with van der Waals surface area (Å²) in [6.45, 7) is 7.67. The van der Waals surface area contributed by atoms with Crippen LogP contribution in [0.15, 0.2) is 30.5 Å². The quantitative estimate of drug-likeness (QED) is 0.398. The number of pyridine rings is 1. The van der Waals surface area contributed by atoms with E-state index in [0.29, 0.717) is 17.3 Å². The van der Waals surface area contributed by atoms with E-state index in [0.717, 1.165) is 55.7 Å². The van der Waals surface area contributed by atoms with E-state index in [2.05, 4.69) is 35.4 Å². The minimum atomic E-state index is -0.370. The van der Waals surface area contributed by atoms with E-state index < -0.39 is 0 Å². The van der Waals surface area contributed by atoms with Crippen LogP contribution >= 0.6 is 0 Å². The standard InChI is InChI=1S/C25H32N2O3/c1-5-8-19-13-22(14-20(17(19)3)9-7-12-30-6-2)27-24-23(25(28)29-4)15-21(16-26-24)18-10-11-18/h5,8,13-16,18H,6-7,9-12H2,1-4H3,(H,26,27)/b8-5-. The van der Waals surface area contributed by atoms with E-state index in [-0.39, 0.29) is 5.97 Å². The van der Waals surface area contributed by atoms with Crippen molar-refractivity contribution in [2.75, 3.05) is 25.6 Å². The predicted molar refractivity (Wildman–Crippen MR) is 122 cm³/mol. The fraction of sp³-hybridized carbons (Fsp3) is 0.440. The van der Waals surface area contributed by atoms with Gasteiger partial charge in [0.15, 0.2) is 0 Å². The summed E-state index contributed by atoms with van der Waals surface area (Å²) >= 11 is 0. The molecule has 1 aliphatic rings. The molecule has 1 N–H and O–H groups in total. The first-order chi connectivity index (χ1) is 14.6. The van der Waals surface area contributed by atoms with Crippen LogP contribution < -0.4 is 5.32 Å². The van der Waals surface area contributed by atoms with Gasteiger partial charge in [0.2, 0.25) is 0 Å². The second-order valence-corrected chi connectivity index (χ2v) is 7.71. The molecular weight excluding hydrogens is 376 g/mol. The van der Waals surface area contributed by atoms with Crippen LogP contribution in [-0.2, 0) is 15.9 Å². The molecule has 1 aromatic heterocycles. The van der Waals surface area contributed by atoms with Gasteiger partial charge in [-0.3, -0.25) is 0 Å². The van der Waals surface area contributed by atoms with Gasteiger partial charge in [0.1, 0.15) is 11.4 Å². The molecule has 1 fully saturated rings. The Bertz CT molecular complexity index is 917. The number of nitrogens with zero attached hydrogens (tertiary/aromatic N) is 1. The average Bonchev–Trinajstić information content (AvgIpc) is 3.59. The third kappa shape index (κ3) is 5.48. The number of hydrogen-bond donors (Lipinski definition) is 1. The molecule has 5 heteroatoms. The van der Waals surface area contributed by atoms with Crippen LogP contribution in [0.4, 0.5) is 11.5 Å². The van der Waals surface area contributed by atoms with Crippen LogP contribution in [-0.4, -0.2) is 31.3 Å². The van der Waals surface area contributed by atoms with Crippen molar-refractivity contribution in [1.82, 2.24) is 4.98 Å². The Balaban J connectivity index is 1.91. The van der Waals surface area contributed by atoms with Crippen molar-refractivity contribution >= 4 is 23.6 Å². The number of esters is 1. The number of rotatable bonds is 10. The maximum atomic E-state index is 12.4. The van der Waals surface area contributed by atoms with E-state index >= 15 is 0 Å². The zero-order chi connectivity index (χ0) is 21.5. The van der Waals surface area contributed by atoms with Crippen LogP contribution in [0.3, 0.4) is 0 Å². The molecule has 30 heavy (non-hydrogen) atoms. The number of allylic oxidation sites excluding steroid dienone is 1. The number of aromatic nitrogens is 1. The minimum absolute atomic E-state index is 0.370. The first-order valence-corrected chi connectivity index (χ1v) is 10.8. The topological polar surface area (TPSA) is 60.5 Å². The molecule has 0 amide bonds. The molecule has 0 atom stereocenters.